The molecule has 2 aromatic rings. The van der Waals surface area contributed by atoms with Gasteiger partial charge in [-0.3, -0.25) is 9.69 Å². The van der Waals surface area contributed by atoms with Crippen LogP contribution in [0.25, 0.3) is 0 Å². The maximum absolute atomic E-state index is 13.0. The molecular weight excluding hydrogens is 378 g/mol. The van der Waals surface area contributed by atoms with Crippen LogP contribution < -0.4 is 14.9 Å². The van der Waals surface area contributed by atoms with Gasteiger partial charge in [0.15, 0.2) is 0 Å². The van der Waals surface area contributed by atoms with Gasteiger partial charge in [-0.25, -0.2) is 18.1 Å². The highest BCUT2D eigenvalue weighted by Gasteiger charge is 2.60. The van der Waals surface area contributed by atoms with Crippen LogP contribution >= 0.6 is 0 Å². The first kappa shape index (κ1) is 18.8. The van der Waals surface area contributed by atoms with Gasteiger partial charge in [-0.05, 0) is 57.5 Å². The Balaban J connectivity index is 1.63. The topological polar surface area (TPSA) is 104 Å². The molecule has 1 aliphatic heterocycles. The smallest absolute Gasteiger partial charge is 0.240 e. The molecule has 1 aromatic heterocycles. The summed E-state index contributed by atoms with van der Waals surface area (Å²) in [5.41, 5.74) is 1.16. The number of sulfonamides is 1. The van der Waals surface area contributed by atoms with Crippen LogP contribution in [0.2, 0.25) is 0 Å². The summed E-state index contributed by atoms with van der Waals surface area (Å²) in [6, 6.07) is 6.40. The Morgan fingerprint density at radius 1 is 1.25 bits per heavy atom. The van der Waals surface area contributed by atoms with Gasteiger partial charge < -0.3 is 5.32 Å². The third kappa shape index (κ3) is 2.85. The molecular formula is C19H23N5O3S. The van der Waals surface area contributed by atoms with Crippen molar-refractivity contribution in [1.29, 1.82) is 0 Å². The molecule has 0 saturated heterocycles. The molecule has 4 rings (SSSR count). The SMILES string of the molecule is CC[C@H](C)N1C(=O)C2(CC2)c2cnc(Nc3ccc(S(=O)(=O)NC)cc3)nc21. The van der Waals surface area contributed by atoms with Crippen LogP contribution in [0, 0.1) is 0 Å². The molecule has 0 unspecified atom stereocenters. The van der Waals surface area contributed by atoms with Crippen LogP contribution in [0.1, 0.15) is 38.7 Å². The lowest BCUT2D eigenvalue weighted by Crippen LogP contribution is -2.39. The Morgan fingerprint density at radius 3 is 2.50 bits per heavy atom. The van der Waals surface area contributed by atoms with Crippen LogP contribution in [0.5, 0.6) is 0 Å². The fraction of sp³-hybridized carbons (Fsp3) is 0.421. The highest BCUT2D eigenvalue weighted by atomic mass is 32.2. The van der Waals surface area contributed by atoms with Crippen LogP contribution in [-0.2, 0) is 20.2 Å². The van der Waals surface area contributed by atoms with Crippen molar-refractivity contribution < 1.29 is 13.2 Å². The average Bonchev–Trinajstić information content (AvgIpc) is 3.46. The zero-order chi connectivity index (χ0) is 20.1. The lowest BCUT2D eigenvalue weighted by atomic mass is 10.0. The quantitative estimate of drug-likeness (QED) is 0.770. The summed E-state index contributed by atoms with van der Waals surface area (Å²) >= 11 is 0. The summed E-state index contributed by atoms with van der Waals surface area (Å²) in [4.78, 5) is 24.0. The van der Waals surface area contributed by atoms with Crippen molar-refractivity contribution in [3.8, 4) is 0 Å². The third-order valence-corrected chi connectivity index (χ3v) is 7.04. The highest BCUT2D eigenvalue weighted by Crippen LogP contribution is 2.57. The first-order valence-corrected chi connectivity index (χ1v) is 10.8. The summed E-state index contributed by atoms with van der Waals surface area (Å²) in [6.07, 6.45) is 4.29. The molecule has 0 bridgehead atoms. The minimum absolute atomic E-state index is 0.0695. The largest absolute Gasteiger partial charge is 0.324 e. The molecule has 9 heteroatoms. The van der Waals surface area contributed by atoms with E-state index >= 15 is 0 Å². The van der Waals surface area contributed by atoms with Crippen molar-refractivity contribution in [2.45, 2.75) is 49.5 Å². The van der Waals surface area contributed by atoms with Crippen LogP contribution in [0.4, 0.5) is 17.5 Å². The minimum atomic E-state index is -3.48. The van der Waals surface area contributed by atoms with Gasteiger partial charge in [-0.2, -0.15) is 4.98 Å². The molecule has 8 nitrogen and oxygen atoms in total. The van der Waals surface area contributed by atoms with Gasteiger partial charge in [-0.15, -0.1) is 0 Å². The lowest BCUT2D eigenvalue weighted by molar-refractivity contribution is -0.120. The van der Waals surface area contributed by atoms with Crippen LogP contribution in [0.3, 0.4) is 0 Å². The van der Waals surface area contributed by atoms with E-state index in [1.54, 1.807) is 23.2 Å². The molecule has 2 heterocycles. The highest BCUT2D eigenvalue weighted by molar-refractivity contribution is 7.89. The Bertz CT molecular complexity index is 1030. The number of anilines is 3. The standard InChI is InChI=1S/C19H23N5O3S/c1-4-12(2)24-16-15(19(9-10-19)17(24)25)11-21-18(23-16)22-13-5-7-14(8-6-13)28(26,27)20-3/h5-8,11-12,20H,4,9-10H2,1-3H3,(H,21,22,23)/t12-/m0/s1. The predicted molar refractivity (Wildman–Crippen MR) is 106 cm³/mol. The van der Waals surface area contributed by atoms with Crippen molar-refractivity contribution in [2.75, 3.05) is 17.3 Å². The fourth-order valence-electron chi connectivity index (χ4n) is 3.56. The number of benzene rings is 1. The van der Waals surface area contributed by atoms with Gasteiger partial charge in [0.05, 0.1) is 10.3 Å². The van der Waals surface area contributed by atoms with E-state index in [9.17, 15) is 13.2 Å². The molecule has 2 N–H and O–H groups in total. The zero-order valence-electron chi connectivity index (χ0n) is 16.1. The van der Waals surface area contributed by atoms with Crippen molar-refractivity contribution in [1.82, 2.24) is 14.7 Å². The Labute approximate surface area is 164 Å². The van der Waals surface area contributed by atoms with E-state index in [-0.39, 0.29) is 16.8 Å². The van der Waals surface area contributed by atoms with Gasteiger partial charge in [0.1, 0.15) is 5.82 Å². The van der Waals surface area contributed by atoms with Crippen LogP contribution in [0.15, 0.2) is 35.4 Å². The monoisotopic (exact) mass is 401 g/mol. The van der Waals surface area contributed by atoms with Gasteiger partial charge >= 0.3 is 0 Å². The number of nitrogens with zero attached hydrogens (tertiary/aromatic N) is 3. The molecule has 1 spiro atoms. The molecule has 1 atom stereocenters. The Hall–Kier alpha value is -2.52. The number of carbonyl (C=O) groups excluding carboxylic acids is 1. The normalized spacial score (nSPS) is 18.2. The van der Waals surface area contributed by atoms with Gasteiger partial charge in [0, 0.05) is 23.5 Å². The molecule has 1 aromatic carbocycles. The average molecular weight is 401 g/mol. The second kappa shape index (κ2) is 6.52. The summed E-state index contributed by atoms with van der Waals surface area (Å²) in [6.45, 7) is 4.08. The molecule has 1 saturated carbocycles. The molecule has 28 heavy (non-hydrogen) atoms. The van der Waals surface area contributed by atoms with E-state index in [1.165, 1.54) is 19.2 Å². The van der Waals surface area contributed by atoms with E-state index < -0.39 is 15.4 Å². The van der Waals surface area contributed by atoms with Crippen LogP contribution in [-0.4, -0.2) is 37.4 Å². The number of aromatic nitrogens is 2. The first-order valence-electron chi connectivity index (χ1n) is 9.34. The first-order chi connectivity index (χ1) is 13.3. The third-order valence-electron chi connectivity index (χ3n) is 5.61. The number of amides is 1. The van der Waals surface area contributed by atoms with Gasteiger partial charge in [0.25, 0.3) is 0 Å². The van der Waals surface area contributed by atoms with Gasteiger partial charge in [0.2, 0.25) is 21.9 Å². The molecule has 1 amide bonds. The Kier molecular flexibility index (Phi) is 4.39. The van der Waals surface area contributed by atoms with E-state index in [4.69, 9.17) is 0 Å². The van der Waals surface area contributed by atoms with Gasteiger partial charge in [-0.1, -0.05) is 6.92 Å². The number of hydrogen-bond acceptors (Lipinski definition) is 6. The zero-order valence-corrected chi connectivity index (χ0v) is 16.9. The van der Waals surface area contributed by atoms with E-state index in [0.29, 0.717) is 17.5 Å². The molecule has 2 aliphatic rings. The Morgan fingerprint density at radius 2 is 1.93 bits per heavy atom. The molecule has 148 valence electrons. The van der Waals surface area contributed by atoms with Crippen molar-refractivity contribution >= 4 is 33.4 Å². The second-order valence-corrected chi connectivity index (χ2v) is 9.19. The summed E-state index contributed by atoms with van der Waals surface area (Å²) in [5, 5.41) is 3.09. The predicted octanol–water partition coefficient (Wildman–Crippen LogP) is 2.30. The van der Waals surface area contributed by atoms with E-state index in [1.807, 2.05) is 6.92 Å². The molecule has 1 aliphatic carbocycles. The number of carbonyl (C=O) groups is 1. The number of fused-ring (bicyclic) bond motifs is 2. The lowest BCUT2D eigenvalue weighted by Gasteiger charge is -2.24. The second-order valence-electron chi connectivity index (χ2n) is 7.30. The number of nitrogens with one attached hydrogen (secondary N) is 2. The number of rotatable bonds is 6. The van der Waals surface area contributed by atoms with Crippen molar-refractivity contribution in [2.24, 2.45) is 0 Å². The summed E-state index contributed by atoms with van der Waals surface area (Å²) < 4.78 is 25.9. The molecule has 0 radical (unpaired) electrons. The minimum Gasteiger partial charge on any atom is -0.324 e. The fourth-order valence-corrected chi connectivity index (χ4v) is 4.29. The van der Waals surface area contributed by atoms with Crippen molar-refractivity contribution in [3.63, 3.8) is 0 Å². The van der Waals surface area contributed by atoms with Crippen molar-refractivity contribution in [3.05, 3.63) is 36.0 Å². The van der Waals surface area contributed by atoms with E-state index in [2.05, 4.69) is 26.9 Å². The summed E-state index contributed by atoms with van der Waals surface area (Å²) in [7, 11) is -2.11. The maximum atomic E-state index is 13.0. The molecule has 1 fully saturated rings. The maximum Gasteiger partial charge on any atom is 0.240 e. The van der Waals surface area contributed by atoms with E-state index in [0.717, 1.165) is 24.8 Å². The summed E-state index contributed by atoms with van der Waals surface area (Å²) in [5.74, 6) is 1.19. The number of hydrogen-bond donors (Lipinski definition) is 2.